The summed E-state index contributed by atoms with van der Waals surface area (Å²) >= 11 is 0. The second kappa shape index (κ2) is 6.76. The monoisotopic (exact) mass is 339 g/mol. The summed E-state index contributed by atoms with van der Waals surface area (Å²) in [6, 6.07) is 8.89. The fourth-order valence-corrected chi connectivity index (χ4v) is 2.85. The van der Waals surface area contributed by atoms with Crippen LogP contribution in [-0.2, 0) is 0 Å². The summed E-state index contributed by atoms with van der Waals surface area (Å²) in [4.78, 5) is 14.4. The second-order valence-corrected chi connectivity index (χ2v) is 5.82. The summed E-state index contributed by atoms with van der Waals surface area (Å²) in [6.07, 6.45) is 4.73. The molecule has 3 aromatic heterocycles. The molecular weight excluding hydrogens is 322 g/mol. The number of H-pyrrole nitrogens is 1. The van der Waals surface area contributed by atoms with Crippen LogP contribution in [0, 0.1) is 0 Å². The lowest BCUT2D eigenvalue weighted by atomic mass is 10.1. The maximum Gasteiger partial charge on any atom is 0.274 e. The molecule has 1 amide bonds. The van der Waals surface area contributed by atoms with Gasteiger partial charge in [0.1, 0.15) is 11.8 Å². The van der Waals surface area contributed by atoms with Crippen LogP contribution in [0.2, 0.25) is 0 Å². The van der Waals surface area contributed by atoms with Crippen molar-refractivity contribution in [3.8, 4) is 17.3 Å². The van der Waals surface area contributed by atoms with Gasteiger partial charge in [-0.05, 0) is 18.2 Å². The van der Waals surface area contributed by atoms with Gasteiger partial charge in [0.2, 0.25) is 5.88 Å². The lowest BCUT2D eigenvalue weighted by molar-refractivity contribution is 0.0580. The predicted octanol–water partition coefficient (Wildman–Crippen LogP) is 2.14. The molecule has 4 rings (SSSR count). The summed E-state index contributed by atoms with van der Waals surface area (Å²) in [5.74, 6) is 1.08. The van der Waals surface area contributed by atoms with E-state index < -0.39 is 0 Å². The first kappa shape index (κ1) is 15.4. The number of hydrogen-bond donors (Lipinski definition) is 1. The smallest absolute Gasteiger partial charge is 0.274 e. The van der Waals surface area contributed by atoms with Crippen LogP contribution >= 0.6 is 0 Å². The van der Waals surface area contributed by atoms with Crippen LogP contribution in [0.1, 0.15) is 23.3 Å². The van der Waals surface area contributed by atoms with Crippen molar-refractivity contribution in [1.29, 1.82) is 0 Å². The Morgan fingerprint density at radius 2 is 2.16 bits per heavy atom. The number of aromatic amines is 1. The number of ether oxygens (including phenoxy) is 1. The molecule has 1 aliphatic rings. The fourth-order valence-electron chi connectivity index (χ4n) is 2.85. The fraction of sp³-hybridized carbons (Fsp3) is 0.294. The summed E-state index contributed by atoms with van der Waals surface area (Å²) in [7, 11) is 0. The summed E-state index contributed by atoms with van der Waals surface area (Å²) < 4.78 is 11.1. The number of carbonyl (C=O) groups is 1. The van der Waals surface area contributed by atoms with Crippen molar-refractivity contribution >= 4 is 5.91 Å². The van der Waals surface area contributed by atoms with E-state index in [0.29, 0.717) is 36.1 Å². The molecule has 3 aromatic rings. The van der Waals surface area contributed by atoms with Crippen molar-refractivity contribution in [2.24, 2.45) is 0 Å². The molecule has 8 heteroatoms. The molecule has 1 saturated heterocycles. The highest BCUT2D eigenvalue weighted by atomic mass is 16.5. The second-order valence-electron chi connectivity index (χ2n) is 5.82. The van der Waals surface area contributed by atoms with Crippen molar-refractivity contribution in [3.63, 3.8) is 0 Å². The first-order valence-corrected chi connectivity index (χ1v) is 8.12. The summed E-state index contributed by atoms with van der Waals surface area (Å²) in [5, 5.41) is 14.7. The number of rotatable bonds is 4. The highest BCUT2D eigenvalue weighted by Crippen LogP contribution is 2.21. The molecule has 0 atom stereocenters. The van der Waals surface area contributed by atoms with Gasteiger partial charge in [-0.25, -0.2) is 0 Å². The van der Waals surface area contributed by atoms with E-state index in [1.807, 2.05) is 6.07 Å². The van der Waals surface area contributed by atoms with Gasteiger partial charge < -0.3 is 14.1 Å². The Kier molecular flexibility index (Phi) is 4.16. The topological polar surface area (TPSA) is 97.1 Å². The third-order valence-electron chi connectivity index (χ3n) is 4.15. The Bertz CT molecular complexity index is 823. The molecule has 0 aromatic carbocycles. The van der Waals surface area contributed by atoms with Gasteiger partial charge >= 0.3 is 0 Å². The summed E-state index contributed by atoms with van der Waals surface area (Å²) in [6.45, 7) is 1.24. The van der Waals surface area contributed by atoms with Gasteiger partial charge in [-0.3, -0.25) is 9.89 Å². The van der Waals surface area contributed by atoms with Crippen LogP contribution < -0.4 is 4.74 Å². The lowest BCUT2D eigenvalue weighted by Crippen LogP contribution is -2.42. The van der Waals surface area contributed by atoms with Crippen LogP contribution in [0.5, 0.6) is 5.88 Å². The van der Waals surface area contributed by atoms with E-state index >= 15 is 0 Å². The highest BCUT2D eigenvalue weighted by molar-refractivity contribution is 5.93. The minimum absolute atomic E-state index is 0.0404. The van der Waals surface area contributed by atoms with Crippen LogP contribution in [-0.4, -0.2) is 50.4 Å². The average molecular weight is 339 g/mol. The molecule has 0 spiro atoms. The van der Waals surface area contributed by atoms with Crippen LogP contribution in [0.25, 0.3) is 11.5 Å². The molecule has 0 aliphatic carbocycles. The highest BCUT2D eigenvalue weighted by Gasteiger charge is 2.26. The first-order chi connectivity index (χ1) is 12.3. The Morgan fingerprint density at radius 3 is 2.88 bits per heavy atom. The van der Waals surface area contributed by atoms with Crippen LogP contribution in [0.3, 0.4) is 0 Å². The molecule has 0 bridgehead atoms. The maximum absolute atomic E-state index is 12.6. The Balaban J connectivity index is 1.35. The van der Waals surface area contributed by atoms with Gasteiger partial charge in [-0.15, -0.1) is 5.10 Å². The number of nitrogens with zero attached hydrogens (tertiary/aromatic N) is 4. The first-order valence-electron chi connectivity index (χ1n) is 8.12. The SMILES string of the molecule is O=C(c1cc(-c2ccco2)[nH]n1)N1CCC(Oc2cccnn2)CC1. The van der Waals surface area contributed by atoms with Crippen molar-refractivity contribution in [1.82, 2.24) is 25.3 Å². The van der Waals surface area contributed by atoms with E-state index in [0.717, 1.165) is 12.8 Å². The van der Waals surface area contributed by atoms with E-state index in [2.05, 4.69) is 20.4 Å². The number of nitrogens with one attached hydrogen (secondary N) is 1. The predicted molar refractivity (Wildman–Crippen MR) is 87.9 cm³/mol. The largest absolute Gasteiger partial charge is 0.473 e. The van der Waals surface area contributed by atoms with Crippen LogP contribution in [0.4, 0.5) is 0 Å². The van der Waals surface area contributed by atoms with E-state index in [9.17, 15) is 4.79 Å². The van der Waals surface area contributed by atoms with Gasteiger partial charge in [-0.2, -0.15) is 10.2 Å². The maximum atomic E-state index is 12.6. The number of hydrogen-bond acceptors (Lipinski definition) is 6. The van der Waals surface area contributed by atoms with Gasteiger partial charge in [0.15, 0.2) is 11.5 Å². The average Bonchev–Trinajstić information content (AvgIpc) is 3.34. The van der Waals surface area contributed by atoms with E-state index in [1.165, 1.54) is 0 Å². The molecule has 4 heterocycles. The van der Waals surface area contributed by atoms with Crippen molar-refractivity contribution < 1.29 is 13.9 Å². The summed E-state index contributed by atoms with van der Waals surface area (Å²) in [5.41, 5.74) is 1.08. The Hall–Kier alpha value is -3.16. The number of amides is 1. The molecule has 1 N–H and O–H groups in total. The van der Waals surface area contributed by atoms with Crippen LogP contribution in [0.15, 0.2) is 47.2 Å². The number of aromatic nitrogens is 4. The van der Waals surface area contributed by atoms with E-state index in [1.54, 1.807) is 41.6 Å². The molecule has 1 fully saturated rings. The number of carbonyl (C=O) groups excluding carboxylic acids is 1. The number of piperidine rings is 1. The van der Waals surface area contributed by atoms with Gasteiger partial charge in [0.05, 0.1) is 6.26 Å². The quantitative estimate of drug-likeness (QED) is 0.782. The minimum Gasteiger partial charge on any atom is -0.473 e. The normalized spacial score (nSPS) is 15.3. The molecule has 0 radical (unpaired) electrons. The minimum atomic E-state index is -0.0907. The van der Waals surface area contributed by atoms with Crippen molar-refractivity contribution in [3.05, 3.63) is 48.5 Å². The zero-order valence-electron chi connectivity index (χ0n) is 13.5. The third-order valence-corrected chi connectivity index (χ3v) is 4.15. The standard InChI is InChI=1S/C17H17N5O3/c23-17(14-11-13(19-20-14)15-3-2-10-24-15)22-8-5-12(6-9-22)25-16-4-1-7-18-21-16/h1-4,7,10-12H,5-6,8-9H2,(H,19,20). The number of furan rings is 1. The Labute approximate surface area is 143 Å². The molecule has 0 saturated carbocycles. The molecular formula is C17H17N5O3. The van der Waals surface area contributed by atoms with Crippen molar-refractivity contribution in [2.75, 3.05) is 13.1 Å². The van der Waals surface area contributed by atoms with E-state index in [4.69, 9.17) is 9.15 Å². The Morgan fingerprint density at radius 1 is 1.28 bits per heavy atom. The molecule has 1 aliphatic heterocycles. The molecule has 0 unspecified atom stereocenters. The molecule has 25 heavy (non-hydrogen) atoms. The molecule has 128 valence electrons. The lowest BCUT2D eigenvalue weighted by Gasteiger charge is -2.31. The van der Waals surface area contributed by atoms with Gasteiger partial charge in [0.25, 0.3) is 5.91 Å². The van der Waals surface area contributed by atoms with Crippen molar-refractivity contribution in [2.45, 2.75) is 18.9 Å². The molecule has 8 nitrogen and oxygen atoms in total. The zero-order chi connectivity index (χ0) is 17.1. The van der Waals surface area contributed by atoms with E-state index in [-0.39, 0.29) is 12.0 Å². The third kappa shape index (κ3) is 3.37. The van der Waals surface area contributed by atoms with Gasteiger partial charge in [-0.1, -0.05) is 0 Å². The number of likely N-dealkylation sites (tertiary alicyclic amines) is 1. The van der Waals surface area contributed by atoms with Gasteiger partial charge in [0, 0.05) is 44.3 Å². The zero-order valence-corrected chi connectivity index (χ0v) is 13.5.